The van der Waals surface area contributed by atoms with E-state index in [-0.39, 0.29) is 16.5 Å². The van der Waals surface area contributed by atoms with Crippen LogP contribution >= 0.6 is 11.6 Å². The lowest BCUT2D eigenvalue weighted by molar-refractivity contribution is 0.1000. The second kappa shape index (κ2) is 7.53. The average Bonchev–Trinajstić information content (AvgIpc) is 2.59. The molecule has 0 unspecified atom stereocenters. The summed E-state index contributed by atoms with van der Waals surface area (Å²) in [6.45, 7) is 0. The van der Waals surface area contributed by atoms with Crippen molar-refractivity contribution in [2.45, 2.75) is 38.1 Å². The normalized spacial score (nSPS) is 15.0. The number of nitrogens with zero attached hydrogens (tertiary/aromatic N) is 1. The molecule has 0 radical (unpaired) electrons. The molecule has 126 valence electrons. The number of ether oxygens (including phenoxy) is 1. The van der Waals surface area contributed by atoms with Gasteiger partial charge in [0.2, 0.25) is 11.8 Å². The number of carbonyl (C=O) groups excluding carboxylic acids is 1. The minimum absolute atomic E-state index is 0.245. The number of halogens is 1. The fraction of sp³-hybridized carbons (Fsp3) is 0.333. The predicted molar refractivity (Wildman–Crippen MR) is 94.8 cm³/mol. The molecule has 1 aliphatic rings. The molecule has 2 aromatic rings. The number of rotatable bonds is 5. The molecular formula is C18H20ClN3O2. The zero-order chi connectivity index (χ0) is 16.9. The highest BCUT2D eigenvalue weighted by Gasteiger charge is 2.13. The van der Waals surface area contributed by atoms with Crippen LogP contribution in [-0.4, -0.2) is 16.9 Å². The molecule has 1 aromatic heterocycles. The van der Waals surface area contributed by atoms with Crippen molar-refractivity contribution in [1.82, 2.24) is 4.98 Å². The zero-order valence-electron chi connectivity index (χ0n) is 13.3. The molecule has 0 saturated heterocycles. The van der Waals surface area contributed by atoms with Crippen LogP contribution in [0.25, 0.3) is 0 Å². The fourth-order valence-corrected chi connectivity index (χ4v) is 3.05. The van der Waals surface area contributed by atoms with Crippen molar-refractivity contribution < 1.29 is 9.53 Å². The third-order valence-electron chi connectivity index (χ3n) is 4.14. The van der Waals surface area contributed by atoms with Crippen molar-refractivity contribution in [3.8, 4) is 11.6 Å². The maximum absolute atomic E-state index is 11.1. The summed E-state index contributed by atoms with van der Waals surface area (Å²) < 4.78 is 5.67. The minimum Gasteiger partial charge on any atom is -0.438 e. The number of nitrogens with two attached hydrogens (primary N) is 1. The smallest absolute Gasteiger partial charge is 0.250 e. The minimum atomic E-state index is -0.575. The maximum Gasteiger partial charge on any atom is 0.250 e. The largest absolute Gasteiger partial charge is 0.438 e. The molecule has 1 aliphatic carbocycles. The van der Waals surface area contributed by atoms with Crippen LogP contribution in [-0.2, 0) is 0 Å². The molecule has 0 aliphatic heterocycles. The topological polar surface area (TPSA) is 77.2 Å². The summed E-state index contributed by atoms with van der Waals surface area (Å²) in [5.74, 6) is 0.300. The SMILES string of the molecule is NC(=O)c1cnc(Oc2ccc(NC3CCCCC3)cc2)c(Cl)c1. The summed E-state index contributed by atoms with van der Waals surface area (Å²) in [4.78, 5) is 15.1. The van der Waals surface area contributed by atoms with Gasteiger partial charge in [-0.1, -0.05) is 30.9 Å². The molecule has 1 saturated carbocycles. The highest BCUT2D eigenvalue weighted by atomic mass is 35.5. The third kappa shape index (κ3) is 4.17. The van der Waals surface area contributed by atoms with Crippen molar-refractivity contribution in [3.63, 3.8) is 0 Å². The number of amides is 1. The number of pyridine rings is 1. The lowest BCUT2D eigenvalue weighted by atomic mass is 9.95. The van der Waals surface area contributed by atoms with E-state index >= 15 is 0 Å². The molecule has 1 heterocycles. The Morgan fingerprint density at radius 1 is 1.21 bits per heavy atom. The number of primary amides is 1. The second-order valence-electron chi connectivity index (χ2n) is 5.98. The predicted octanol–water partition coefficient (Wildman–Crippen LogP) is 4.37. The van der Waals surface area contributed by atoms with Crippen LogP contribution < -0.4 is 15.8 Å². The summed E-state index contributed by atoms with van der Waals surface area (Å²) in [5.41, 5.74) is 6.52. The number of hydrogen-bond acceptors (Lipinski definition) is 4. The van der Waals surface area contributed by atoms with Gasteiger partial charge in [0.25, 0.3) is 0 Å². The van der Waals surface area contributed by atoms with Gasteiger partial charge in [0.05, 0.1) is 5.56 Å². The average molecular weight is 346 g/mol. The molecule has 5 nitrogen and oxygen atoms in total. The lowest BCUT2D eigenvalue weighted by Gasteiger charge is -2.23. The molecule has 6 heteroatoms. The van der Waals surface area contributed by atoms with Gasteiger partial charge in [-0.15, -0.1) is 0 Å². The Kier molecular flexibility index (Phi) is 5.20. The molecule has 24 heavy (non-hydrogen) atoms. The number of nitrogens with one attached hydrogen (secondary N) is 1. The van der Waals surface area contributed by atoms with E-state index in [0.29, 0.717) is 11.8 Å². The summed E-state index contributed by atoms with van der Waals surface area (Å²) in [6, 6.07) is 9.70. The van der Waals surface area contributed by atoms with Gasteiger partial charge in [-0.2, -0.15) is 0 Å². The van der Waals surface area contributed by atoms with Crippen LogP contribution in [0.3, 0.4) is 0 Å². The van der Waals surface area contributed by atoms with E-state index in [4.69, 9.17) is 22.1 Å². The van der Waals surface area contributed by atoms with Gasteiger partial charge in [0.1, 0.15) is 10.8 Å². The monoisotopic (exact) mass is 345 g/mol. The summed E-state index contributed by atoms with van der Waals surface area (Å²) >= 11 is 6.08. The molecule has 3 N–H and O–H groups in total. The zero-order valence-corrected chi connectivity index (χ0v) is 14.1. The highest BCUT2D eigenvalue weighted by molar-refractivity contribution is 6.32. The Morgan fingerprint density at radius 3 is 2.54 bits per heavy atom. The van der Waals surface area contributed by atoms with Gasteiger partial charge < -0.3 is 15.8 Å². The van der Waals surface area contributed by atoms with E-state index < -0.39 is 5.91 Å². The van der Waals surface area contributed by atoms with Crippen LogP contribution in [0.4, 0.5) is 5.69 Å². The molecule has 0 atom stereocenters. The highest BCUT2D eigenvalue weighted by Crippen LogP contribution is 2.29. The first-order valence-corrected chi connectivity index (χ1v) is 8.49. The molecule has 1 aromatic carbocycles. The summed E-state index contributed by atoms with van der Waals surface area (Å²) in [7, 11) is 0. The van der Waals surface area contributed by atoms with E-state index in [2.05, 4.69) is 10.3 Å². The van der Waals surface area contributed by atoms with Crippen molar-refractivity contribution in [3.05, 3.63) is 47.1 Å². The van der Waals surface area contributed by atoms with Gasteiger partial charge in [-0.25, -0.2) is 4.98 Å². The van der Waals surface area contributed by atoms with Crippen molar-refractivity contribution in [2.24, 2.45) is 5.73 Å². The van der Waals surface area contributed by atoms with Crippen LogP contribution in [0.5, 0.6) is 11.6 Å². The van der Waals surface area contributed by atoms with E-state index in [1.54, 1.807) is 0 Å². The van der Waals surface area contributed by atoms with Crippen molar-refractivity contribution in [1.29, 1.82) is 0 Å². The van der Waals surface area contributed by atoms with E-state index in [9.17, 15) is 4.79 Å². The molecule has 3 rings (SSSR count). The van der Waals surface area contributed by atoms with Crippen LogP contribution in [0.1, 0.15) is 42.5 Å². The van der Waals surface area contributed by atoms with E-state index in [1.165, 1.54) is 44.4 Å². The quantitative estimate of drug-likeness (QED) is 0.843. The first-order chi connectivity index (χ1) is 11.6. The number of anilines is 1. The number of hydrogen-bond donors (Lipinski definition) is 2. The van der Waals surface area contributed by atoms with Crippen molar-refractivity contribution >= 4 is 23.2 Å². The molecule has 1 amide bonds. The fourth-order valence-electron chi connectivity index (χ4n) is 2.85. The third-order valence-corrected chi connectivity index (χ3v) is 4.41. The van der Waals surface area contributed by atoms with Gasteiger partial charge in [0.15, 0.2) is 0 Å². The Balaban J connectivity index is 1.64. The van der Waals surface area contributed by atoms with Gasteiger partial charge in [0, 0.05) is 17.9 Å². The molecular weight excluding hydrogens is 326 g/mol. The van der Waals surface area contributed by atoms with E-state index in [1.807, 2.05) is 24.3 Å². The standard InChI is InChI=1S/C18H20ClN3O2/c19-16-10-12(17(20)23)11-21-18(16)24-15-8-6-14(7-9-15)22-13-4-2-1-3-5-13/h6-11,13,22H,1-5H2,(H2,20,23). The number of carbonyl (C=O) groups is 1. The first-order valence-electron chi connectivity index (χ1n) is 8.11. The van der Waals surface area contributed by atoms with Crippen molar-refractivity contribution in [2.75, 3.05) is 5.32 Å². The number of benzene rings is 1. The second-order valence-corrected chi connectivity index (χ2v) is 6.39. The van der Waals surface area contributed by atoms with Gasteiger partial charge >= 0.3 is 0 Å². The van der Waals surface area contributed by atoms with E-state index in [0.717, 1.165) is 5.69 Å². The van der Waals surface area contributed by atoms with Crippen LogP contribution in [0, 0.1) is 0 Å². The van der Waals surface area contributed by atoms with Gasteiger partial charge in [-0.3, -0.25) is 4.79 Å². The Morgan fingerprint density at radius 2 is 1.92 bits per heavy atom. The summed E-state index contributed by atoms with van der Waals surface area (Å²) in [5, 5.41) is 3.80. The molecule has 0 bridgehead atoms. The first kappa shape index (κ1) is 16.6. The Bertz CT molecular complexity index is 713. The van der Waals surface area contributed by atoms with Crippen LogP contribution in [0.15, 0.2) is 36.5 Å². The Hall–Kier alpha value is -2.27. The maximum atomic E-state index is 11.1. The summed E-state index contributed by atoms with van der Waals surface area (Å²) in [6.07, 6.45) is 7.73. The van der Waals surface area contributed by atoms with Gasteiger partial charge in [-0.05, 0) is 43.2 Å². The molecule has 1 fully saturated rings. The van der Waals surface area contributed by atoms with Crippen LogP contribution in [0.2, 0.25) is 5.02 Å². The number of aromatic nitrogens is 1. The lowest BCUT2D eigenvalue weighted by Crippen LogP contribution is -2.22. The Labute approximate surface area is 146 Å². The molecule has 0 spiro atoms.